The van der Waals surface area contributed by atoms with Crippen LogP contribution in [0.2, 0.25) is 0 Å². The van der Waals surface area contributed by atoms with Crippen LogP contribution in [0.3, 0.4) is 0 Å². The van der Waals surface area contributed by atoms with Gasteiger partial charge in [-0.3, -0.25) is 0 Å². The van der Waals surface area contributed by atoms with Gasteiger partial charge in [-0.05, 0) is 97.6 Å². The number of fused-ring (bicyclic) bond motifs is 5. The van der Waals surface area contributed by atoms with Gasteiger partial charge in [-0.1, -0.05) is 30.1 Å². The highest BCUT2D eigenvalue weighted by Crippen LogP contribution is 2.56. The molecule has 2 bridgehead atoms. The number of sulfonamides is 2. The molecule has 2 aromatic carbocycles. The Hall–Kier alpha value is -2.27. The Kier molecular flexibility index (Phi) is 5.22. The van der Waals surface area contributed by atoms with E-state index in [2.05, 4.69) is 14.6 Å². The summed E-state index contributed by atoms with van der Waals surface area (Å²) in [5.74, 6) is 1.02. The van der Waals surface area contributed by atoms with E-state index in [1.54, 1.807) is 24.3 Å². The van der Waals surface area contributed by atoms with Gasteiger partial charge in [0.2, 0.25) is 20.0 Å². The molecular weight excluding hydrogens is 510 g/mol. The van der Waals surface area contributed by atoms with Crippen molar-refractivity contribution in [3.8, 4) is 11.1 Å². The van der Waals surface area contributed by atoms with Crippen molar-refractivity contribution in [2.75, 3.05) is 0 Å². The third-order valence-electron chi connectivity index (χ3n) is 9.64. The minimum Gasteiger partial charge on any atom is -0.410 e. The predicted octanol–water partition coefficient (Wildman–Crippen LogP) is 3.97. The zero-order valence-electron chi connectivity index (χ0n) is 20.5. The van der Waals surface area contributed by atoms with Crippen LogP contribution >= 0.6 is 0 Å². The van der Waals surface area contributed by atoms with Crippen molar-refractivity contribution in [3.05, 3.63) is 47.5 Å². The SMILES string of the molecule is O=S(=O)(NC1CC2(CCC2)C1)c1ccc2c(c1)/C(=N\O)c1cc(S(=O)(=O)NC3CC4CCC3C4)ccc1-2. The standard InChI is InChI=1S/C27H31N3O5S2/c31-28-26-23-12-19(36(32,33)29-18-14-27(15-18)8-1-9-27)4-6-21(23)22-7-5-20(13-24(22)26)37(34,35)30-25-11-16-2-3-17(25)10-16/h4-7,12-13,16-18,25,29-31H,1-3,8-11,14-15H2/b28-26+. The highest BCUT2D eigenvalue weighted by atomic mass is 32.2. The lowest BCUT2D eigenvalue weighted by molar-refractivity contribution is 0.00619. The monoisotopic (exact) mass is 541 g/mol. The van der Waals surface area contributed by atoms with Crippen molar-refractivity contribution >= 4 is 25.8 Å². The quantitative estimate of drug-likeness (QED) is 0.322. The van der Waals surface area contributed by atoms with Gasteiger partial charge in [-0.2, -0.15) is 0 Å². The molecule has 5 aliphatic rings. The van der Waals surface area contributed by atoms with Crippen molar-refractivity contribution in [1.29, 1.82) is 0 Å². The summed E-state index contributed by atoms with van der Waals surface area (Å²) in [6, 6.07) is 9.51. The second-order valence-electron chi connectivity index (χ2n) is 11.8. The highest BCUT2D eigenvalue weighted by molar-refractivity contribution is 7.89. The number of oxime groups is 1. The topological polar surface area (TPSA) is 125 Å². The second-order valence-corrected chi connectivity index (χ2v) is 15.3. The zero-order chi connectivity index (χ0) is 25.6. The molecule has 196 valence electrons. The minimum absolute atomic E-state index is 0.0321. The Labute approximate surface area is 217 Å². The Bertz CT molecular complexity index is 1540. The minimum atomic E-state index is -3.75. The fourth-order valence-corrected chi connectivity index (χ4v) is 10.2. The van der Waals surface area contributed by atoms with Crippen LogP contribution in [0.25, 0.3) is 11.1 Å². The van der Waals surface area contributed by atoms with Crippen molar-refractivity contribution < 1.29 is 22.0 Å². The summed E-state index contributed by atoms with van der Waals surface area (Å²) in [6.45, 7) is 0. The molecule has 2 aromatic rings. The van der Waals surface area contributed by atoms with E-state index in [1.165, 1.54) is 37.8 Å². The first-order chi connectivity index (χ1) is 17.7. The summed E-state index contributed by atoms with van der Waals surface area (Å²) in [5.41, 5.74) is 2.90. The molecule has 37 heavy (non-hydrogen) atoms. The normalized spacial score (nSPS) is 28.8. The van der Waals surface area contributed by atoms with Crippen LogP contribution in [0.4, 0.5) is 0 Å². The van der Waals surface area contributed by atoms with Crippen LogP contribution in [-0.4, -0.2) is 39.8 Å². The largest absolute Gasteiger partial charge is 0.410 e. The first-order valence-corrected chi connectivity index (χ1v) is 16.2. The van der Waals surface area contributed by atoms with Gasteiger partial charge >= 0.3 is 0 Å². The Morgan fingerprint density at radius 3 is 1.92 bits per heavy atom. The van der Waals surface area contributed by atoms with Crippen LogP contribution in [0.1, 0.15) is 68.9 Å². The molecule has 3 N–H and O–H groups in total. The molecule has 0 amide bonds. The summed E-state index contributed by atoms with van der Waals surface area (Å²) in [4.78, 5) is 0.230. The van der Waals surface area contributed by atoms with Crippen molar-refractivity contribution in [1.82, 2.24) is 9.44 Å². The lowest BCUT2D eigenvalue weighted by atomic mass is 9.54. The van der Waals surface area contributed by atoms with Gasteiger partial charge < -0.3 is 5.21 Å². The molecule has 3 unspecified atom stereocenters. The molecule has 0 saturated heterocycles. The van der Waals surface area contributed by atoms with E-state index in [9.17, 15) is 22.0 Å². The average Bonchev–Trinajstić information content (AvgIpc) is 3.51. The predicted molar refractivity (Wildman–Crippen MR) is 138 cm³/mol. The lowest BCUT2D eigenvalue weighted by Crippen LogP contribution is -2.53. The van der Waals surface area contributed by atoms with Gasteiger partial charge in [0.25, 0.3) is 0 Å². The van der Waals surface area contributed by atoms with Crippen molar-refractivity contribution in [2.45, 2.75) is 79.7 Å². The third kappa shape index (κ3) is 3.78. The summed E-state index contributed by atoms with van der Waals surface area (Å²) < 4.78 is 58.4. The maximum atomic E-state index is 13.2. The summed E-state index contributed by atoms with van der Waals surface area (Å²) >= 11 is 0. The molecule has 0 aromatic heterocycles. The zero-order valence-corrected chi connectivity index (χ0v) is 22.1. The van der Waals surface area contributed by atoms with Crippen LogP contribution in [0, 0.1) is 17.3 Å². The number of rotatable bonds is 6. The van der Waals surface area contributed by atoms with Crippen LogP contribution in [-0.2, 0) is 20.0 Å². The molecule has 4 saturated carbocycles. The fraction of sp³-hybridized carbons (Fsp3) is 0.519. The number of nitrogens with one attached hydrogen (secondary N) is 2. The molecule has 7 rings (SSSR count). The average molecular weight is 542 g/mol. The van der Waals surface area contributed by atoms with Crippen LogP contribution < -0.4 is 9.44 Å². The van der Waals surface area contributed by atoms with E-state index in [0.29, 0.717) is 39.5 Å². The van der Waals surface area contributed by atoms with Crippen molar-refractivity contribution in [2.24, 2.45) is 22.4 Å². The Balaban J connectivity index is 1.15. The van der Waals surface area contributed by atoms with Gasteiger partial charge in [0.15, 0.2) is 0 Å². The number of nitrogens with zero attached hydrogens (tertiary/aromatic N) is 1. The van der Waals surface area contributed by atoms with E-state index < -0.39 is 20.0 Å². The molecule has 0 radical (unpaired) electrons. The highest BCUT2D eigenvalue weighted by Gasteiger charge is 2.49. The number of hydrogen-bond acceptors (Lipinski definition) is 6. The van der Waals surface area contributed by atoms with Crippen molar-refractivity contribution in [3.63, 3.8) is 0 Å². The van der Waals surface area contributed by atoms with Gasteiger partial charge in [0, 0.05) is 23.2 Å². The Morgan fingerprint density at radius 2 is 1.43 bits per heavy atom. The molecule has 4 fully saturated rings. The smallest absolute Gasteiger partial charge is 0.240 e. The van der Waals surface area contributed by atoms with Crippen LogP contribution in [0.15, 0.2) is 51.3 Å². The van der Waals surface area contributed by atoms with E-state index in [1.807, 2.05) is 0 Å². The lowest BCUT2D eigenvalue weighted by Gasteiger charge is -2.54. The molecular formula is C27H31N3O5S2. The fourth-order valence-electron chi connectivity index (χ4n) is 7.59. The molecule has 3 atom stereocenters. The van der Waals surface area contributed by atoms with Crippen LogP contribution in [0.5, 0.6) is 0 Å². The number of hydrogen-bond donors (Lipinski definition) is 3. The van der Waals surface area contributed by atoms with E-state index in [4.69, 9.17) is 0 Å². The van der Waals surface area contributed by atoms with Gasteiger partial charge in [0.1, 0.15) is 5.71 Å². The van der Waals surface area contributed by atoms with Gasteiger partial charge in [-0.15, -0.1) is 0 Å². The third-order valence-corrected chi connectivity index (χ3v) is 12.6. The van der Waals surface area contributed by atoms with E-state index >= 15 is 0 Å². The molecule has 1 spiro atoms. The van der Waals surface area contributed by atoms with Gasteiger partial charge in [-0.25, -0.2) is 26.3 Å². The summed E-state index contributed by atoms with van der Waals surface area (Å²) in [5, 5.41) is 13.4. The first-order valence-electron chi connectivity index (χ1n) is 13.2. The maximum absolute atomic E-state index is 13.2. The Morgan fingerprint density at radius 1 is 0.811 bits per heavy atom. The van der Waals surface area contributed by atoms with E-state index in [0.717, 1.165) is 32.1 Å². The molecule has 0 aliphatic heterocycles. The molecule has 10 heteroatoms. The number of benzene rings is 2. The second kappa shape index (κ2) is 8.11. The molecule has 8 nitrogen and oxygen atoms in total. The van der Waals surface area contributed by atoms with Gasteiger partial charge in [0.05, 0.1) is 9.79 Å². The van der Waals surface area contributed by atoms with E-state index in [-0.39, 0.29) is 27.6 Å². The summed E-state index contributed by atoms with van der Waals surface area (Å²) in [6.07, 6.45) is 9.62. The molecule has 0 heterocycles. The molecule has 5 aliphatic carbocycles. The first kappa shape index (κ1) is 23.8. The summed E-state index contributed by atoms with van der Waals surface area (Å²) in [7, 11) is -7.48. The maximum Gasteiger partial charge on any atom is 0.240 e.